The van der Waals surface area contributed by atoms with Crippen LogP contribution in [0.5, 0.6) is 0 Å². The number of aromatic nitrogens is 2. The summed E-state index contributed by atoms with van der Waals surface area (Å²) in [5.74, 6) is -0.660. The fraction of sp³-hybridized carbons (Fsp3) is 0.714. The van der Waals surface area contributed by atoms with Gasteiger partial charge in [-0.15, -0.1) is 0 Å². The number of aliphatic hydroxyl groups excluding tert-OH is 1. The third kappa shape index (κ3) is 5.88. The van der Waals surface area contributed by atoms with Crippen LogP contribution in [-0.4, -0.2) is 63.4 Å². The van der Waals surface area contributed by atoms with Crippen molar-refractivity contribution in [2.24, 2.45) is 17.8 Å². The largest absolute Gasteiger partial charge is 0.391 e. The SMILES string of the molecule is Cc1nc(CNC(=O)[C@H](CC2CCCC2)CN(O)C=O)c(F)c(N2C[C@@H](O)[C@@H](C)C2)n1. The number of carbonyl (C=O) groups is 2. The summed E-state index contributed by atoms with van der Waals surface area (Å²) in [6, 6.07) is 0. The van der Waals surface area contributed by atoms with Crippen LogP contribution in [-0.2, 0) is 16.1 Å². The number of aryl methyl sites for hydroxylation is 1. The molecule has 0 bridgehead atoms. The predicted molar refractivity (Wildman–Crippen MR) is 111 cm³/mol. The van der Waals surface area contributed by atoms with Crippen LogP contribution in [0.15, 0.2) is 0 Å². The number of hydroxylamine groups is 2. The number of rotatable bonds is 9. The Kier molecular flexibility index (Phi) is 7.77. The lowest BCUT2D eigenvalue weighted by molar-refractivity contribution is -0.155. The van der Waals surface area contributed by atoms with Crippen LogP contribution in [0.3, 0.4) is 0 Å². The maximum Gasteiger partial charge on any atom is 0.233 e. The molecule has 31 heavy (non-hydrogen) atoms. The highest BCUT2D eigenvalue weighted by Gasteiger charge is 2.32. The van der Waals surface area contributed by atoms with E-state index in [4.69, 9.17) is 0 Å². The summed E-state index contributed by atoms with van der Waals surface area (Å²) in [5, 5.41) is 22.8. The summed E-state index contributed by atoms with van der Waals surface area (Å²) in [5.41, 5.74) is 0.0701. The second kappa shape index (κ2) is 10.3. The van der Waals surface area contributed by atoms with Gasteiger partial charge in [0.15, 0.2) is 11.6 Å². The third-order valence-corrected chi connectivity index (χ3v) is 6.31. The maximum absolute atomic E-state index is 15.1. The highest BCUT2D eigenvalue weighted by atomic mass is 19.1. The molecule has 10 heteroatoms. The second-order valence-electron chi connectivity index (χ2n) is 8.83. The van der Waals surface area contributed by atoms with Crippen molar-refractivity contribution in [2.45, 2.75) is 58.6 Å². The molecular formula is C21H32FN5O4. The van der Waals surface area contributed by atoms with Crippen LogP contribution in [0.2, 0.25) is 0 Å². The van der Waals surface area contributed by atoms with Crippen molar-refractivity contribution in [3.8, 4) is 0 Å². The lowest BCUT2D eigenvalue weighted by Gasteiger charge is -2.23. The first-order valence-electron chi connectivity index (χ1n) is 10.9. The smallest absolute Gasteiger partial charge is 0.233 e. The van der Waals surface area contributed by atoms with Gasteiger partial charge in [0.2, 0.25) is 12.3 Å². The number of nitrogens with one attached hydrogen (secondary N) is 1. The number of anilines is 1. The fourth-order valence-corrected chi connectivity index (χ4v) is 4.55. The van der Waals surface area contributed by atoms with Crippen LogP contribution in [0.4, 0.5) is 10.2 Å². The van der Waals surface area contributed by atoms with Gasteiger partial charge < -0.3 is 15.3 Å². The lowest BCUT2D eigenvalue weighted by atomic mass is 9.92. The molecule has 1 aromatic heterocycles. The van der Waals surface area contributed by atoms with Crippen LogP contribution < -0.4 is 10.2 Å². The maximum atomic E-state index is 15.1. The minimum atomic E-state index is -0.615. The van der Waals surface area contributed by atoms with Crippen molar-refractivity contribution in [3.05, 3.63) is 17.3 Å². The van der Waals surface area contributed by atoms with Crippen molar-refractivity contribution in [3.63, 3.8) is 0 Å². The zero-order valence-corrected chi connectivity index (χ0v) is 18.1. The molecule has 3 N–H and O–H groups in total. The van der Waals surface area contributed by atoms with Gasteiger partial charge in [-0.3, -0.25) is 14.8 Å². The van der Waals surface area contributed by atoms with E-state index in [0.29, 0.717) is 36.3 Å². The minimum absolute atomic E-state index is 0.00779. The normalized spacial score (nSPS) is 22.5. The van der Waals surface area contributed by atoms with E-state index in [1.54, 1.807) is 11.8 Å². The topological polar surface area (TPSA) is 119 Å². The van der Waals surface area contributed by atoms with Crippen molar-refractivity contribution >= 4 is 18.1 Å². The zero-order valence-electron chi connectivity index (χ0n) is 18.1. The fourth-order valence-electron chi connectivity index (χ4n) is 4.55. The molecule has 0 spiro atoms. The summed E-state index contributed by atoms with van der Waals surface area (Å²) in [4.78, 5) is 33.7. The van der Waals surface area contributed by atoms with Gasteiger partial charge in [0, 0.05) is 19.0 Å². The Morgan fingerprint density at radius 1 is 1.35 bits per heavy atom. The summed E-state index contributed by atoms with van der Waals surface area (Å²) in [6.45, 7) is 4.10. The van der Waals surface area contributed by atoms with E-state index < -0.39 is 17.8 Å². The van der Waals surface area contributed by atoms with Gasteiger partial charge in [0.25, 0.3) is 0 Å². The number of hydrogen-bond donors (Lipinski definition) is 3. The molecule has 0 radical (unpaired) electrons. The second-order valence-corrected chi connectivity index (χ2v) is 8.83. The first-order chi connectivity index (χ1) is 14.8. The molecule has 2 heterocycles. The average molecular weight is 438 g/mol. The van der Waals surface area contributed by atoms with E-state index >= 15 is 4.39 Å². The Morgan fingerprint density at radius 2 is 2.06 bits per heavy atom. The molecule has 1 aliphatic carbocycles. The predicted octanol–water partition coefficient (Wildman–Crippen LogP) is 1.40. The summed E-state index contributed by atoms with van der Waals surface area (Å²) < 4.78 is 15.1. The standard InChI is InChI=1S/C21H32FN5O4/c1-13-9-26(11-18(13)29)20-19(22)17(24-14(2)25-20)8-23-21(30)16(10-27(31)12-28)7-15-5-3-4-6-15/h12-13,15-16,18,29,31H,3-11H2,1-2H3,(H,23,30)/t13-,16+,18+/m0/s1. The van der Waals surface area contributed by atoms with Crippen LogP contribution in [0, 0.1) is 30.5 Å². The third-order valence-electron chi connectivity index (χ3n) is 6.31. The Morgan fingerprint density at radius 3 is 2.68 bits per heavy atom. The van der Waals surface area contributed by atoms with Gasteiger partial charge in [0.05, 0.1) is 25.1 Å². The van der Waals surface area contributed by atoms with Gasteiger partial charge in [-0.25, -0.2) is 19.4 Å². The number of aliphatic hydroxyl groups is 1. The quantitative estimate of drug-likeness (QED) is 0.304. The summed E-state index contributed by atoms with van der Waals surface area (Å²) in [7, 11) is 0. The molecule has 3 atom stereocenters. The molecule has 1 aliphatic heterocycles. The van der Waals surface area contributed by atoms with E-state index in [0.717, 1.165) is 25.7 Å². The summed E-state index contributed by atoms with van der Waals surface area (Å²) >= 11 is 0. The monoisotopic (exact) mass is 437 g/mol. The number of amides is 2. The number of hydrogen-bond acceptors (Lipinski definition) is 7. The van der Waals surface area contributed by atoms with Crippen LogP contribution in [0.1, 0.15) is 50.5 Å². The number of β-amino-alcohol motifs (C(OH)–C–C–N with tert-alkyl or cyclic N) is 1. The molecule has 2 aliphatic rings. The molecule has 172 valence electrons. The first kappa shape index (κ1) is 23.3. The van der Waals surface area contributed by atoms with Gasteiger partial charge in [-0.2, -0.15) is 0 Å². The molecule has 0 unspecified atom stereocenters. The highest BCUT2D eigenvalue weighted by Crippen LogP contribution is 2.31. The summed E-state index contributed by atoms with van der Waals surface area (Å²) in [6.07, 6.45) is 4.59. The molecule has 3 rings (SSSR count). The van der Waals surface area contributed by atoms with E-state index in [1.807, 2.05) is 6.92 Å². The van der Waals surface area contributed by atoms with Crippen LogP contribution in [0.25, 0.3) is 0 Å². The molecule has 1 saturated carbocycles. The van der Waals surface area contributed by atoms with E-state index in [-0.39, 0.29) is 42.8 Å². The van der Waals surface area contributed by atoms with E-state index in [1.165, 1.54) is 0 Å². The van der Waals surface area contributed by atoms with E-state index in [2.05, 4.69) is 15.3 Å². The van der Waals surface area contributed by atoms with E-state index in [9.17, 15) is 19.9 Å². The Labute approximate surface area is 181 Å². The Balaban J connectivity index is 1.69. The van der Waals surface area contributed by atoms with Crippen molar-refractivity contribution in [2.75, 3.05) is 24.5 Å². The zero-order chi connectivity index (χ0) is 22.5. The van der Waals surface area contributed by atoms with Gasteiger partial charge in [0.1, 0.15) is 11.5 Å². The van der Waals surface area contributed by atoms with Crippen molar-refractivity contribution in [1.82, 2.24) is 20.3 Å². The molecular weight excluding hydrogens is 405 g/mol. The lowest BCUT2D eigenvalue weighted by Crippen LogP contribution is -2.38. The van der Waals surface area contributed by atoms with Crippen molar-refractivity contribution in [1.29, 1.82) is 0 Å². The van der Waals surface area contributed by atoms with Gasteiger partial charge in [-0.05, 0) is 19.3 Å². The molecule has 2 fully saturated rings. The van der Waals surface area contributed by atoms with Gasteiger partial charge in [-0.1, -0.05) is 32.6 Å². The minimum Gasteiger partial charge on any atom is -0.391 e. The first-order valence-corrected chi connectivity index (χ1v) is 10.9. The molecule has 9 nitrogen and oxygen atoms in total. The average Bonchev–Trinajstić information content (AvgIpc) is 3.37. The highest BCUT2D eigenvalue weighted by molar-refractivity contribution is 5.79. The number of nitrogens with zero attached hydrogens (tertiary/aromatic N) is 4. The number of carbonyl (C=O) groups excluding carboxylic acids is 2. The number of halogens is 1. The molecule has 2 amide bonds. The van der Waals surface area contributed by atoms with Gasteiger partial charge >= 0.3 is 0 Å². The van der Waals surface area contributed by atoms with Crippen molar-refractivity contribution < 1.29 is 24.3 Å². The Bertz CT molecular complexity index is 779. The Hall–Kier alpha value is -2.33. The molecule has 0 aromatic carbocycles. The molecule has 1 aromatic rings. The van der Waals surface area contributed by atoms with Crippen LogP contribution >= 0.6 is 0 Å². The molecule has 1 saturated heterocycles.